The van der Waals surface area contributed by atoms with Crippen LogP contribution in [0.1, 0.15) is 47.8 Å². The summed E-state index contributed by atoms with van der Waals surface area (Å²) in [5.41, 5.74) is 1.79. The smallest absolute Gasteiger partial charge is 0.338 e. The third-order valence-electron chi connectivity index (χ3n) is 5.95. The van der Waals surface area contributed by atoms with E-state index < -0.39 is 27.6 Å². The molecule has 0 aliphatic carbocycles. The van der Waals surface area contributed by atoms with Crippen LogP contribution in [-0.4, -0.2) is 48.3 Å². The molecule has 3 aromatic rings. The normalized spacial score (nSPS) is 14.5. The summed E-state index contributed by atoms with van der Waals surface area (Å²) in [6.07, 6.45) is 3.32. The van der Waals surface area contributed by atoms with Gasteiger partial charge in [-0.25, -0.2) is 17.5 Å². The van der Waals surface area contributed by atoms with Crippen LogP contribution in [-0.2, 0) is 39.1 Å². The number of hydrogen-bond donors (Lipinski definition) is 1. The van der Waals surface area contributed by atoms with Gasteiger partial charge in [0.15, 0.2) is 0 Å². The molecule has 10 nitrogen and oxygen atoms in total. The molecule has 0 saturated heterocycles. The minimum Gasteiger partial charge on any atom is -0.460 e. The molecule has 11 heteroatoms. The van der Waals surface area contributed by atoms with Gasteiger partial charge in [-0.2, -0.15) is 0 Å². The van der Waals surface area contributed by atoms with E-state index in [9.17, 15) is 22.8 Å². The van der Waals surface area contributed by atoms with Crippen LogP contribution in [0.5, 0.6) is 0 Å². The molecule has 3 amide bonds. The summed E-state index contributed by atoms with van der Waals surface area (Å²) in [5, 5.41) is 2.75. The van der Waals surface area contributed by atoms with Crippen LogP contribution >= 0.6 is 0 Å². The summed E-state index contributed by atoms with van der Waals surface area (Å²) in [5.74, 6) is -0.828. The van der Waals surface area contributed by atoms with Crippen molar-refractivity contribution in [2.45, 2.75) is 50.8 Å². The third kappa shape index (κ3) is 6.43. The maximum atomic E-state index is 13.5. The number of esters is 1. The number of urea groups is 1. The van der Waals surface area contributed by atoms with E-state index in [-0.39, 0.29) is 41.6 Å². The second-order valence-corrected chi connectivity index (χ2v) is 12.0. The van der Waals surface area contributed by atoms with Crippen LogP contribution in [0.2, 0.25) is 0 Å². The van der Waals surface area contributed by atoms with Crippen molar-refractivity contribution < 1.29 is 27.5 Å². The Kier molecular flexibility index (Phi) is 7.73. The molecule has 1 aromatic heterocycles. The SMILES string of the molecule is CN1C(=O)N(Cc2ccc(CC(=O)OC(C)(C)C)cc2)S(=O)(=O)c2cc(C(=O)NCc3cccnc3)ccc21. The van der Waals surface area contributed by atoms with Gasteiger partial charge in [-0.3, -0.25) is 19.5 Å². The molecular formula is C28H30N4O6S. The van der Waals surface area contributed by atoms with Crippen LogP contribution in [0.25, 0.3) is 0 Å². The van der Waals surface area contributed by atoms with E-state index in [1.54, 1.807) is 63.5 Å². The average Bonchev–Trinajstić information content (AvgIpc) is 2.89. The minimum atomic E-state index is -4.26. The monoisotopic (exact) mass is 550 g/mol. The van der Waals surface area contributed by atoms with Crippen molar-refractivity contribution in [2.75, 3.05) is 11.9 Å². The lowest BCUT2D eigenvalue weighted by Crippen LogP contribution is -2.48. The highest BCUT2D eigenvalue weighted by atomic mass is 32.2. The third-order valence-corrected chi connectivity index (χ3v) is 7.69. The van der Waals surface area contributed by atoms with Crippen LogP contribution in [0.15, 0.2) is 71.9 Å². The second-order valence-electron chi connectivity index (χ2n) is 10.2. The highest BCUT2D eigenvalue weighted by molar-refractivity contribution is 7.90. The summed E-state index contributed by atoms with van der Waals surface area (Å²) < 4.78 is 33.2. The molecular weight excluding hydrogens is 520 g/mol. The fourth-order valence-corrected chi connectivity index (χ4v) is 5.67. The van der Waals surface area contributed by atoms with E-state index >= 15 is 0 Å². The lowest BCUT2D eigenvalue weighted by molar-refractivity contribution is -0.153. The number of anilines is 1. The van der Waals surface area contributed by atoms with Crippen LogP contribution in [0.4, 0.5) is 10.5 Å². The van der Waals surface area contributed by atoms with Crippen LogP contribution in [0.3, 0.4) is 0 Å². The molecule has 1 aliphatic rings. The van der Waals surface area contributed by atoms with Gasteiger partial charge in [-0.15, -0.1) is 0 Å². The van der Waals surface area contributed by atoms with E-state index in [2.05, 4.69) is 10.3 Å². The largest absolute Gasteiger partial charge is 0.460 e. The quantitative estimate of drug-likeness (QED) is 0.445. The zero-order chi connectivity index (χ0) is 28.4. The number of nitrogens with one attached hydrogen (secondary N) is 1. The Morgan fingerprint density at radius 3 is 2.33 bits per heavy atom. The van der Waals surface area contributed by atoms with E-state index in [1.807, 2.05) is 6.07 Å². The van der Waals surface area contributed by atoms with Gasteiger partial charge in [0.05, 0.1) is 18.7 Å². The van der Waals surface area contributed by atoms with E-state index in [0.717, 1.165) is 9.87 Å². The molecule has 4 rings (SSSR count). The zero-order valence-corrected chi connectivity index (χ0v) is 23.0. The Balaban J connectivity index is 1.52. The average molecular weight is 551 g/mol. The van der Waals surface area contributed by atoms with Crippen molar-refractivity contribution in [3.63, 3.8) is 0 Å². The number of carbonyl (C=O) groups is 3. The number of carbonyl (C=O) groups excluding carboxylic acids is 3. The number of rotatable bonds is 7. The first-order valence-corrected chi connectivity index (χ1v) is 13.7. The number of aromatic nitrogens is 1. The van der Waals surface area contributed by atoms with Gasteiger partial charge in [-0.1, -0.05) is 30.3 Å². The maximum absolute atomic E-state index is 13.5. The Labute approximate surface area is 227 Å². The Morgan fingerprint density at radius 2 is 1.69 bits per heavy atom. The van der Waals surface area contributed by atoms with Gasteiger partial charge in [0.2, 0.25) is 0 Å². The first kappa shape index (κ1) is 27.8. The molecule has 204 valence electrons. The van der Waals surface area contributed by atoms with E-state index in [1.165, 1.54) is 30.1 Å². The molecule has 1 N–H and O–H groups in total. The number of sulfonamides is 1. The molecule has 0 atom stereocenters. The van der Waals surface area contributed by atoms with Gasteiger partial charge in [0.25, 0.3) is 15.9 Å². The summed E-state index contributed by atoms with van der Waals surface area (Å²) >= 11 is 0. The standard InChI is InChI=1S/C28H30N4O6S/c1-28(2,3)38-25(33)14-19-7-9-20(10-8-19)18-32-27(35)31(4)23-12-11-22(15-24(23)39(32,36)37)26(34)30-17-21-6-5-13-29-16-21/h5-13,15-16H,14,17-18H2,1-4H3,(H,30,34). The number of hydrogen-bond acceptors (Lipinski definition) is 7. The second kappa shape index (κ2) is 10.9. The zero-order valence-electron chi connectivity index (χ0n) is 22.2. The van der Waals surface area contributed by atoms with E-state index in [4.69, 9.17) is 4.74 Å². The van der Waals surface area contributed by atoms with Crippen molar-refractivity contribution in [1.29, 1.82) is 0 Å². The topological polar surface area (TPSA) is 126 Å². The molecule has 0 unspecified atom stereocenters. The van der Waals surface area contributed by atoms with Gasteiger partial charge in [-0.05, 0) is 61.7 Å². The molecule has 2 aromatic carbocycles. The van der Waals surface area contributed by atoms with Crippen molar-refractivity contribution >= 4 is 33.6 Å². The Bertz CT molecular complexity index is 1500. The highest BCUT2D eigenvalue weighted by Crippen LogP contribution is 2.35. The first-order chi connectivity index (χ1) is 18.3. The number of fused-ring (bicyclic) bond motifs is 1. The van der Waals surface area contributed by atoms with Crippen molar-refractivity contribution in [1.82, 2.24) is 14.6 Å². The van der Waals surface area contributed by atoms with Crippen LogP contribution in [0, 0.1) is 0 Å². The lowest BCUT2D eigenvalue weighted by atomic mass is 10.1. The van der Waals surface area contributed by atoms with Gasteiger partial charge in [0.1, 0.15) is 10.5 Å². The Hall–Kier alpha value is -4.25. The number of amides is 3. The number of nitrogens with zero attached hydrogens (tertiary/aromatic N) is 3. The van der Waals surface area contributed by atoms with Gasteiger partial charge >= 0.3 is 12.0 Å². The fourth-order valence-electron chi connectivity index (χ4n) is 4.04. The molecule has 0 bridgehead atoms. The minimum absolute atomic E-state index is 0.0697. The number of benzene rings is 2. The molecule has 39 heavy (non-hydrogen) atoms. The lowest BCUT2D eigenvalue weighted by Gasteiger charge is -2.34. The molecule has 0 radical (unpaired) electrons. The van der Waals surface area contributed by atoms with Crippen molar-refractivity contribution in [2.24, 2.45) is 0 Å². The molecule has 0 spiro atoms. The molecule has 1 aliphatic heterocycles. The molecule has 0 fully saturated rings. The fraction of sp³-hybridized carbons (Fsp3) is 0.286. The predicted molar refractivity (Wildman–Crippen MR) is 144 cm³/mol. The summed E-state index contributed by atoms with van der Waals surface area (Å²) in [6.45, 7) is 5.38. The van der Waals surface area contributed by atoms with Crippen LogP contribution < -0.4 is 10.2 Å². The summed E-state index contributed by atoms with van der Waals surface area (Å²) in [4.78, 5) is 43.0. The maximum Gasteiger partial charge on any atom is 0.338 e. The Morgan fingerprint density at radius 1 is 1.00 bits per heavy atom. The molecule has 2 heterocycles. The van der Waals surface area contributed by atoms with Crippen molar-refractivity contribution in [3.05, 3.63) is 89.2 Å². The number of pyridine rings is 1. The summed E-state index contributed by atoms with van der Waals surface area (Å²) in [7, 11) is -2.78. The van der Waals surface area contributed by atoms with Gasteiger partial charge < -0.3 is 10.1 Å². The van der Waals surface area contributed by atoms with Gasteiger partial charge in [0, 0.05) is 31.5 Å². The number of ether oxygens (including phenoxy) is 1. The molecule has 0 saturated carbocycles. The summed E-state index contributed by atoms with van der Waals surface area (Å²) in [6, 6.07) is 13.8. The first-order valence-electron chi connectivity index (χ1n) is 12.3. The van der Waals surface area contributed by atoms with E-state index in [0.29, 0.717) is 11.1 Å². The highest BCUT2D eigenvalue weighted by Gasteiger charge is 2.40. The predicted octanol–water partition coefficient (Wildman–Crippen LogP) is 3.66. The van der Waals surface area contributed by atoms with Crippen molar-refractivity contribution in [3.8, 4) is 0 Å².